The molecule has 0 amide bonds. The Bertz CT molecular complexity index is 536. The van der Waals surface area contributed by atoms with Gasteiger partial charge in [0.05, 0.1) is 5.52 Å². The molecule has 2 heterocycles. The van der Waals surface area contributed by atoms with Crippen LogP contribution in [0, 0.1) is 19.8 Å². The average molecular weight is 229 g/mol. The van der Waals surface area contributed by atoms with Crippen molar-refractivity contribution in [2.45, 2.75) is 26.8 Å². The predicted molar refractivity (Wildman–Crippen MR) is 70.2 cm³/mol. The highest BCUT2D eigenvalue weighted by atomic mass is 15.3. The van der Waals surface area contributed by atoms with Crippen LogP contribution >= 0.6 is 0 Å². The van der Waals surface area contributed by atoms with Gasteiger partial charge in [0.25, 0.3) is 0 Å². The fourth-order valence-corrected chi connectivity index (χ4v) is 2.66. The molecule has 17 heavy (non-hydrogen) atoms. The van der Waals surface area contributed by atoms with E-state index in [0.29, 0.717) is 0 Å². The van der Waals surface area contributed by atoms with Crippen molar-refractivity contribution in [1.29, 1.82) is 0 Å². The van der Waals surface area contributed by atoms with Crippen LogP contribution in [0.25, 0.3) is 10.9 Å². The molecule has 1 aliphatic rings. The summed E-state index contributed by atoms with van der Waals surface area (Å²) >= 11 is 0. The molecule has 3 nitrogen and oxygen atoms in total. The van der Waals surface area contributed by atoms with Crippen LogP contribution in [0.1, 0.15) is 17.7 Å². The molecule has 0 radical (unpaired) electrons. The molecule has 3 heteroatoms. The van der Waals surface area contributed by atoms with Crippen molar-refractivity contribution in [3.8, 4) is 0 Å². The van der Waals surface area contributed by atoms with Crippen LogP contribution in [0.5, 0.6) is 0 Å². The van der Waals surface area contributed by atoms with Gasteiger partial charge in [-0.05, 0) is 51.4 Å². The van der Waals surface area contributed by atoms with E-state index in [0.717, 1.165) is 31.1 Å². The van der Waals surface area contributed by atoms with Gasteiger partial charge in [-0.15, -0.1) is 0 Å². The van der Waals surface area contributed by atoms with Crippen LogP contribution in [-0.4, -0.2) is 22.9 Å². The van der Waals surface area contributed by atoms with E-state index in [4.69, 9.17) is 5.10 Å². The van der Waals surface area contributed by atoms with Gasteiger partial charge in [0.1, 0.15) is 0 Å². The van der Waals surface area contributed by atoms with E-state index < -0.39 is 0 Å². The van der Waals surface area contributed by atoms with Gasteiger partial charge in [0, 0.05) is 17.6 Å². The van der Waals surface area contributed by atoms with Gasteiger partial charge < -0.3 is 5.32 Å². The van der Waals surface area contributed by atoms with E-state index in [2.05, 4.69) is 42.0 Å². The second-order valence-corrected chi connectivity index (χ2v) is 5.15. The summed E-state index contributed by atoms with van der Waals surface area (Å²) in [6, 6.07) is 6.50. The molecule has 1 atom stereocenters. The number of benzene rings is 1. The zero-order chi connectivity index (χ0) is 11.8. The average Bonchev–Trinajstić information content (AvgIpc) is 2.91. The molecule has 1 aromatic carbocycles. The van der Waals surface area contributed by atoms with Crippen LogP contribution in [0.2, 0.25) is 0 Å². The summed E-state index contributed by atoms with van der Waals surface area (Å²) < 4.78 is 2.18. The van der Waals surface area contributed by atoms with Gasteiger partial charge in [-0.3, -0.25) is 4.68 Å². The lowest BCUT2D eigenvalue weighted by Gasteiger charge is -2.09. The summed E-state index contributed by atoms with van der Waals surface area (Å²) in [6.45, 7) is 7.65. The Hall–Kier alpha value is -1.35. The number of nitrogens with zero attached hydrogens (tertiary/aromatic N) is 2. The lowest BCUT2D eigenvalue weighted by molar-refractivity contribution is 0.445. The monoisotopic (exact) mass is 229 g/mol. The highest BCUT2D eigenvalue weighted by Gasteiger charge is 2.17. The van der Waals surface area contributed by atoms with Gasteiger partial charge in [-0.25, -0.2) is 0 Å². The van der Waals surface area contributed by atoms with Gasteiger partial charge >= 0.3 is 0 Å². The second-order valence-electron chi connectivity index (χ2n) is 5.15. The predicted octanol–water partition coefficient (Wildman–Crippen LogP) is 2.26. The first-order chi connectivity index (χ1) is 8.24. The number of hydrogen-bond acceptors (Lipinski definition) is 2. The van der Waals surface area contributed by atoms with Crippen molar-refractivity contribution in [2.24, 2.45) is 5.92 Å². The fourth-order valence-electron chi connectivity index (χ4n) is 2.66. The van der Waals surface area contributed by atoms with E-state index >= 15 is 0 Å². The molecular weight excluding hydrogens is 210 g/mol. The van der Waals surface area contributed by atoms with Crippen LogP contribution in [-0.2, 0) is 6.54 Å². The third kappa shape index (κ3) is 1.95. The van der Waals surface area contributed by atoms with Crippen LogP contribution in [0.4, 0.5) is 0 Å². The lowest BCUT2D eigenvalue weighted by atomic mass is 10.1. The molecule has 1 unspecified atom stereocenters. The van der Waals surface area contributed by atoms with Gasteiger partial charge in [0.15, 0.2) is 0 Å². The van der Waals surface area contributed by atoms with Gasteiger partial charge in [-0.2, -0.15) is 5.10 Å². The van der Waals surface area contributed by atoms with Crippen molar-refractivity contribution in [3.05, 3.63) is 29.5 Å². The molecule has 1 fully saturated rings. The normalized spacial score (nSPS) is 20.2. The summed E-state index contributed by atoms with van der Waals surface area (Å²) in [5.41, 5.74) is 3.73. The SMILES string of the molecule is Cc1ccc2nn(CC3CCNC3)c(C)c2c1. The van der Waals surface area contributed by atoms with Gasteiger partial charge in [-0.1, -0.05) is 11.6 Å². The molecule has 1 saturated heterocycles. The molecule has 90 valence electrons. The first-order valence-corrected chi connectivity index (χ1v) is 6.38. The number of aromatic nitrogens is 2. The van der Waals surface area contributed by atoms with E-state index in [1.807, 2.05) is 0 Å². The van der Waals surface area contributed by atoms with E-state index in [9.17, 15) is 0 Å². The molecule has 0 bridgehead atoms. The zero-order valence-corrected chi connectivity index (χ0v) is 10.5. The van der Waals surface area contributed by atoms with Crippen LogP contribution in [0.15, 0.2) is 18.2 Å². The summed E-state index contributed by atoms with van der Waals surface area (Å²) in [5.74, 6) is 0.740. The first-order valence-electron chi connectivity index (χ1n) is 6.38. The molecule has 0 saturated carbocycles. The maximum atomic E-state index is 4.71. The van der Waals surface area contributed by atoms with Crippen molar-refractivity contribution < 1.29 is 0 Å². The van der Waals surface area contributed by atoms with Crippen molar-refractivity contribution in [2.75, 3.05) is 13.1 Å². The minimum Gasteiger partial charge on any atom is -0.316 e. The Morgan fingerprint density at radius 2 is 2.29 bits per heavy atom. The van der Waals surface area contributed by atoms with Crippen molar-refractivity contribution in [1.82, 2.24) is 15.1 Å². The standard InChI is InChI=1S/C14H19N3/c1-10-3-4-14-13(7-10)11(2)17(16-14)9-12-5-6-15-8-12/h3-4,7,12,15H,5-6,8-9H2,1-2H3. The first kappa shape index (κ1) is 10.8. The van der Waals surface area contributed by atoms with E-state index in [-0.39, 0.29) is 0 Å². The second kappa shape index (κ2) is 4.15. The largest absolute Gasteiger partial charge is 0.316 e. The topological polar surface area (TPSA) is 29.9 Å². The Morgan fingerprint density at radius 3 is 3.06 bits per heavy atom. The van der Waals surface area contributed by atoms with Crippen LogP contribution < -0.4 is 5.32 Å². The molecule has 0 spiro atoms. The fraction of sp³-hybridized carbons (Fsp3) is 0.500. The molecule has 2 aromatic rings. The summed E-state index contributed by atoms with van der Waals surface area (Å²) in [5, 5.41) is 9.42. The molecular formula is C14H19N3. The van der Waals surface area contributed by atoms with Crippen molar-refractivity contribution >= 4 is 10.9 Å². The molecule has 1 aliphatic heterocycles. The van der Waals surface area contributed by atoms with E-state index in [1.165, 1.54) is 23.1 Å². The number of rotatable bonds is 2. The highest BCUT2D eigenvalue weighted by molar-refractivity contribution is 5.82. The smallest absolute Gasteiger partial charge is 0.0926 e. The third-order valence-electron chi connectivity index (χ3n) is 3.75. The maximum Gasteiger partial charge on any atom is 0.0926 e. The minimum atomic E-state index is 0.740. The number of hydrogen-bond donors (Lipinski definition) is 1. The molecule has 3 rings (SSSR count). The summed E-state index contributed by atoms with van der Waals surface area (Å²) in [6.07, 6.45) is 1.27. The number of aryl methyl sites for hydroxylation is 2. The number of fused-ring (bicyclic) bond motifs is 1. The zero-order valence-electron chi connectivity index (χ0n) is 10.5. The van der Waals surface area contributed by atoms with E-state index in [1.54, 1.807) is 0 Å². The Morgan fingerprint density at radius 1 is 1.41 bits per heavy atom. The maximum absolute atomic E-state index is 4.71. The summed E-state index contributed by atoms with van der Waals surface area (Å²) in [7, 11) is 0. The lowest BCUT2D eigenvalue weighted by Crippen LogP contribution is -2.16. The van der Waals surface area contributed by atoms with Crippen LogP contribution in [0.3, 0.4) is 0 Å². The van der Waals surface area contributed by atoms with Gasteiger partial charge in [0.2, 0.25) is 0 Å². The van der Waals surface area contributed by atoms with Crippen molar-refractivity contribution in [3.63, 3.8) is 0 Å². The Balaban J connectivity index is 1.96. The quantitative estimate of drug-likeness (QED) is 0.856. The third-order valence-corrected chi connectivity index (χ3v) is 3.75. The summed E-state index contributed by atoms with van der Waals surface area (Å²) in [4.78, 5) is 0. The minimum absolute atomic E-state index is 0.740. The highest BCUT2D eigenvalue weighted by Crippen LogP contribution is 2.21. The molecule has 1 aromatic heterocycles. The number of nitrogens with one attached hydrogen (secondary N) is 1. The Kier molecular flexibility index (Phi) is 2.63. The molecule has 0 aliphatic carbocycles. The molecule has 1 N–H and O–H groups in total. The Labute approximate surface area is 102 Å².